The van der Waals surface area contributed by atoms with Crippen LogP contribution < -0.4 is 5.32 Å². The molecule has 0 aliphatic heterocycles. The number of hydrogen-bond donors (Lipinski definition) is 2. The molecule has 0 atom stereocenters. The second-order valence-electron chi connectivity index (χ2n) is 5.85. The molecular weight excluding hydrogens is 331 g/mol. The van der Waals surface area contributed by atoms with Crippen LogP contribution in [0.15, 0.2) is 4.52 Å². The van der Waals surface area contributed by atoms with Gasteiger partial charge in [-0.1, -0.05) is 30.8 Å². The molecule has 2 rings (SSSR count). The van der Waals surface area contributed by atoms with Crippen molar-refractivity contribution in [3.8, 4) is 0 Å². The van der Waals surface area contributed by atoms with Gasteiger partial charge in [-0.05, 0) is 12.8 Å². The molecule has 1 fully saturated rings. The van der Waals surface area contributed by atoms with Crippen molar-refractivity contribution in [2.45, 2.75) is 63.1 Å². The van der Waals surface area contributed by atoms with E-state index in [1.807, 2.05) is 5.32 Å². The Bertz CT molecular complexity index is 592. The molecule has 1 aliphatic carbocycles. The van der Waals surface area contributed by atoms with Crippen LogP contribution in [0.3, 0.4) is 0 Å². The summed E-state index contributed by atoms with van der Waals surface area (Å²) in [5, 5.41) is 14.4. The highest BCUT2D eigenvalue weighted by atomic mass is 19.4. The summed E-state index contributed by atoms with van der Waals surface area (Å²) in [4.78, 5) is 26.1. The van der Waals surface area contributed by atoms with Gasteiger partial charge in [-0.2, -0.15) is 18.2 Å². The standard InChI is InChI=1S/C14H18F3N3O4/c15-14(16,17)12(23)19-13(7-3-1-2-4-8-13)11-18-9(24-20-11)5-6-10(21)22/h1-8H2,(H,19,23)(H,21,22). The molecule has 10 heteroatoms. The third-order valence-electron chi connectivity index (χ3n) is 4.02. The predicted octanol–water partition coefficient (Wildman–Crippen LogP) is 2.31. The van der Waals surface area contributed by atoms with E-state index in [0.29, 0.717) is 12.8 Å². The fourth-order valence-electron chi connectivity index (χ4n) is 2.79. The maximum absolute atomic E-state index is 12.7. The van der Waals surface area contributed by atoms with Gasteiger partial charge in [-0.3, -0.25) is 9.59 Å². The summed E-state index contributed by atoms with van der Waals surface area (Å²) in [7, 11) is 0. The Morgan fingerprint density at radius 2 is 1.83 bits per heavy atom. The number of aromatic nitrogens is 2. The summed E-state index contributed by atoms with van der Waals surface area (Å²) in [5.74, 6) is -3.09. The third-order valence-corrected chi connectivity index (χ3v) is 4.02. The number of halogens is 3. The van der Waals surface area contributed by atoms with Gasteiger partial charge in [0.25, 0.3) is 0 Å². The number of nitrogens with one attached hydrogen (secondary N) is 1. The van der Waals surface area contributed by atoms with Crippen molar-refractivity contribution in [2.24, 2.45) is 0 Å². The molecule has 7 nitrogen and oxygen atoms in total. The van der Waals surface area contributed by atoms with Gasteiger partial charge in [0.2, 0.25) is 5.89 Å². The lowest BCUT2D eigenvalue weighted by molar-refractivity contribution is -0.176. The van der Waals surface area contributed by atoms with E-state index in [1.54, 1.807) is 0 Å². The maximum atomic E-state index is 12.7. The number of amides is 1. The quantitative estimate of drug-likeness (QED) is 0.791. The molecule has 0 unspecified atom stereocenters. The minimum Gasteiger partial charge on any atom is -0.481 e. The van der Waals surface area contributed by atoms with Crippen molar-refractivity contribution in [3.63, 3.8) is 0 Å². The molecule has 1 aromatic rings. The van der Waals surface area contributed by atoms with Crippen LogP contribution in [0.5, 0.6) is 0 Å². The van der Waals surface area contributed by atoms with E-state index in [0.717, 1.165) is 12.8 Å². The van der Waals surface area contributed by atoms with Crippen molar-refractivity contribution < 1.29 is 32.4 Å². The molecular formula is C14H18F3N3O4. The van der Waals surface area contributed by atoms with Crippen molar-refractivity contribution in [3.05, 3.63) is 11.7 Å². The molecule has 1 saturated carbocycles. The maximum Gasteiger partial charge on any atom is 0.471 e. The summed E-state index contributed by atoms with van der Waals surface area (Å²) in [6.07, 6.45) is -1.79. The van der Waals surface area contributed by atoms with Crippen molar-refractivity contribution in [2.75, 3.05) is 0 Å². The number of carboxylic acids is 1. The van der Waals surface area contributed by atoms with E-state index in [2.05, 4.69) is 10.1 Å². The van der Waals surface area contributed by atoms with Crippen molar-refractivity contribution in [1.82, 2.24) is 15.5 Å². The number of rotatable bonds is 5. The van der Waals surface area contributed by atoms with E-state index < -0.39 is 23.6 Å². The number of hydrogen-bond acceptors (Lipinski definition) is 5. The normalized spacial score (nSPS) is 18.0. The lowest BCUT2D eigenvalue weighted by Crippen LogP contribution is -2.51. The Morgan fingerprint density at radius 1 is 1.21 bits per heavy atom. The highest BCUT2D eigenvalue weighted by Gasteiger charge is 2.46. The molecule has 1 amide bonds. The molecule has 0 bridgehead atoms. The van der Waals surface area contributed by atoms with Gasteiger partial charge in [0, 0.05) is 6.42 Å². The zero-order valence-corrected chi connectivity index (χ0v) is 12.9. The van der Waals surface area contributed by atoms with Gasteiger partial charge in [-0.15, -0.1) is 0 Å². The smallest absolute Gasteiger partial charge is 0.471 e. The molecule has 24 heavy (non-hydrogen) atoms. The Kier molecular flexibility index (Phi) is 5.45. The fourth-order valence-corrected chi connectivity index (χ4v) is 2.79. The van der Waals surface area contributed by atoms with Gasteiger partial charge in [-0.25, -0.2) is 0 Å². The minimum absolute atomic E-state index is 0.0222. The van der Waals surface area contributed by atoms with E-state index in [1.165, 1.54) is 0 Å². The second-order valence-corrected chi connectivity index (χ2v) is 5.85. The minimum atomic E-state index is -5.00. The summed E-state index contributed by atoms with van der Waals surface area (Å²) < 4.78 is 42.9. The van der Waals surface area contributed by atoms with Crippen LogP contribution in [0.1, 0.15) is 56.7 Å². The number of aryl methyl sites for hydroxylation is 1. The SMILES string of the molecule is O=C(O)CCc1nc(C2(NC(=O)C(F)(F)F)CCCCCC2)no1. The van der Waals surface area contributed by atoms with Crippen molar-refractivity contribution in [1.29, 1.82) is 0 Å². The third kappa shape index (κ3) is 4.45. The van der Waals surface area contributed by atoms with Crippen LogP contribution in [0.2, 0.25) is 0 Å². The average Bonchev–Trinajstić information content (AvgIpc) is 2.85. The number of carbonyl (C=O) groups excluding carboxylic acids is 1. The van der Waals surface area contributed by atoms with Crippen LogP contribution in [0, 0.1) is 0 Å². The molecule has 2 N–H and O–H groups in total. The Labute approximate surface area is 135 Å². The van der Waals surface area contributed by atoms with Crippen LogP contribution in [-0.2, 0) is 21.5 Å². The summed E-state index contributed by atoms with van der Waals surface area (Å²) in [6, 6.07) is 0. The summed E-state index contributed by atoms with van der Waals surface area (Å²) in [6.45, 7) is 0. The molecule has 1 aromatic heterocycles. The fraction of sp³-hybridized carbons (Fsp3) is 0.714. The number of alkyl halides is 3. The number of carboxylic acid groups (broad SMARTS) is 1. The predicted molar refractivity (Wildman–Crippen MR) is 73.8 cm³/mol. The Balaban J connectivity index is 2.25. The zero-order valence-electron chi connectivity index (χ0n) is 12.9. The molecule has 1 heterocycles. The first kappa shape index (κ1) is 18.2. The lowest BCUT2D eigenvalue weighted by atomic mass is 9.89. The first-order chi connectivity index (χ1) is 11.2. The monoisotopic (exact) mass is 349 g/mol. The van der Waals surface area contributed by atoms with Crippen LogP contribution in [0.4, 0.5) is 13.2 Å². The second kappa shape index (κ2) is 7.18. The van der Waals surface area contributed by atoms with Gasteiger partial charge < -0.3 is 14.9 Å². The van der Waals surface area contributed by atoms with Gasteiger partial charge in [0.05, 0.1) is 6.42 Å². The summed E-state index contributed by atoms with van der Waals surface area (Å²) in [5.41, 5.74) is -1.34. The molecule has 0 aromatic carbocycles. The Morgan fingerprint density at radius 3 is 2.38 bits per heavy atom. The van der Waals surface area contributed by atoms with E-state index in [-0.39, 0.29) is 37.4 Å². The highest BCUT2D eigenvalue weighted by Crippen LogP contribution is 2.35. The zero-order chi connectivity index (χ0) is 17.8. The summed E-state index contributed by atoms with van der Waals surface area (Å²) >= 11 is 0. The number of nitrogens with zero attached hydrogens (tertiary/aromatic N) is 2. The van der Waals surface area contributed by atoms with E-state index >= 15 is 0 Å². The lowest BCUT2D eigenvalue weighted by Gasteiger charge is -2.31. The van der Waals surface area contributed by atoms with E-state index in [9.17, 15) is 22.8 Å². The number of aliphatic carboxylic acids is 1. The van der Waals surface area contributed by atoms with Gasteiger partial charge >= 0.3 is 18.1 Å². The molecule has 0 spiro atoms. The first-order valence-corrected chi connectivity index (χ1v) is 7.67. The molecule has 0 radical (unpaired) electrons. The Hall–Kier alpha value is -2.13. The van der Waals surface area contributed by atoms with Crippen LogP contribution in [-0.4, -0.2) is 33.3 Å². The first-order valence-electron chi connectivity index (χ1n) is 7.67. The van der Waals surface area contributed by atoms with E-state index in [4.69, 9.17) is 9.63 Å². The van der Waals surface area contributed by atoms with Gasteiger partial charge in [0.1, 0.15) is 5.54 Å². The van der Waals surface area contributed by atoms with Crippen LogP contribution >= 0.6 is 0 Å². The average molecular weight is 349 g/mol. The molecule has 1 aliphatic rings. The topological polar surface area (TPSA) is 105 Å². The largest absolute Gasteiger partial charge is 0.481 e. The molecule has 0 saturated heterocycles. The van der Waals surface area contributed by atoms with Gasteiger partial charge in [0.15, 0.2) is 5.82 Å². The van der Waals surface area contributed by atoms with Crippen molar-refractivity contribution >= 4 is 11.9 Å². The molecule has 134 valence electrons. The highest BCUT2D eigenvalue weighted by molar-refractivity contribution is 5.82. The van der Waals surface area contributed by atoms with Crippen LogP contribution in [0.25, 0.3) is 0 Å². The number of carbonyl (C=O) groups is 2.